The standard InChI is InChI=1S/C31H25N3O7S2/c1-17-3-5-18(6-4-17)16-42-31-33-32-30(43-31)34-25(19-7-9-20(10-8-19)29(38)39-2)24(27(36)28(34)37)26(35)21-11-12-22-23(15-21)41-14-13-40-22/h3-12,15,25,35H,13-14,16H2,1-2H3/b26-24-. The summed E-state index contributed by atoms with van der Waals surface area (Å²) < 4.78 is 16.6. The van der Waals surface area contributed by atoms with Gasteiger partial charge in [0.1, 0.15) is 19.0 Å². The molecule has 1 aromatic heterocycles. The second-order valence-corrected chi connectivity index (χ2v) is 11.9. The molecule has 1 saturated heterocycles. The van der Waals surface area contributed by atoms with Crippen molar-refractivity contribution >= 4 is 51.6 Å². The van der Waals surface area contributed by atoms with E-state index in [0.717, 1.165) is 11.1 Å². The summed E-state index contributed by atoms with van der Waals surface area (Å²) in [4.78, 5) is 40.4. The number of nitrogens with zero attached hydrogens (tertiary/aromatic N) is 3. The number of ether oxygens (including phenoxy) is 3. The molecule has 0 radical (unpaired) electrons. The number of fused-ring (bicyclic) bond motifs is 1. The number of thioether (sulfide) groups is 1. The molecular weight excluding hydrogens is 590 g/mol. The Morgan fingerprint density at radius 2 is 1.70 bits per heavy atom. The Hall–Kier alpha value is -4.68. The van der Waals surface area contributed by atoms with E-state index in [9.17, 15) is 19.5 Å². The SMILES string of the molecule is COC(=O)c1ccc(C2/C(=C(/O)c3ccc4c(c3)OCCO4)C(=O)C(=O)N2c2nnc(SCc3ccc(C)cc3)s2)cc1. The number of aliphatic hydroxyl groups excluding tert-OH is 1. The Balaban J connectivity index is 1.39. The van der Waals surface area contributed by atoms with Gasteiger partial charge < -0.3 is 19.3 Å². The van der Waals surface area contributed by atoms with E-state index in [1.54, 1.807) is 30.3 Å². The summed E-state index contributed by atoms with van der Waals surface area (Å²) in [5, 5.41) is 20.2. The van der Waals surface area contributed by atoms with Crippen LogP contribution in [0.4, 0.5) is 5.13 Å². The molecule has 0 bridgehead atoms. The molecule has 3 heterocycles. The van der Waals surface area contributed by atoms with E-state index in [1.807, 2.05) is 31.2 Å². The number of anilines is 1. The monoisotopic (exact) mass is 615 g/mol. The van der Waals surface area contributed by atoms with Gasteiger partial charge in [-0.15, -0.1) is 10.2 Å². The fourth-order valence-electron chi connectivity index (χ4n) is 4.80. The van der Waals surface area contributed by atoms with E-state index in [-0.39, 0.29) is 22.0 Å². The molecule has 6 rings (SSSR count). The van der Waals surface area contributed by atoms with Crippen molar-refractivity contribution in [2.45, 2.75) is 23.1 Å². The normalized spacial score (nSPS) is 17.3. The van der Waals surface area contributed by atoms with Crippen molar-refractivity contribution in [1.82, 2.24) is 10.2 Å². The number of aryl methyl sites for hydroxylation is 1. The number of benzene rings is 3. The van der Waals surface area contributed by atoms with Gasteiger partial charge in [0.2, 0.25) is 5.13 Å². The molecule has 3 aromatic carbocycles. The highest BCUT2D eigenvalue weighted by molar-refractivity contribution is 8.00. The van der Waals surface area contributed by atoms with E-state index < -0.39 is 23.7 Å². The molecule has 0 aliphatic carbocycles. The van der Waals surface area contributed by atoms with Crippen LogP contribution in [-0.2, 0) is 20.1 Å². The molecule has 2 aliphatic heterocycles. The maximum atomic E-state index is 13.6. The summed E-state index contributed by atoms with van der Waals surface area (Å²) in [6.07, 6.45) is 0. The van der Waals surface area contributed by atoms with Crippen LogP contribution in [0.5, 0.6) is 11.5 Å². The number of hydrogen-bond donors (Lipinski definition) is 1. The molecule has 2 aliphatic rings. The van der Waals surface area contributed by atoms with Gasteiger partial charge in [-0.2, -0.15) is 0 Å². The smallest absolute Gasteiger partial charge is 0.337 e. The van der Waals surface area contributed by atoms with Gasteiger partial charge >= 0.3 is 11.9 Å². The molecule has 0 spiro atoms. The van der Waals surface area contributed by atoms with Crippen LogP contribution in [0.2, 0.25) is 0 Å². The van der Waals surface area contributed by atoms with Crippen LogP contribution in [-0.4, -0.2) is 53.3 Å². The molecule has 10 nitrogen and oxygen atoms in total. The summed E-state index contributed by atoms with van der Waals surface area (Å²) in [5.74, 6) is -1.05. The number of carbonyl (C=O) groups is 3. The first kappa shape index (κ1) is 28.4. The highest BCUT2D eigenvalue weighted by Gasteiger charge is 2.48. The number of rotatable bonds is 7. The first-order chi connectivity index (χ1) is 20.8. The lowest BCUT2D eigenvalue weighted by Crippen LogP contribution is -2.29. The third kappa shape index (κ3) is 5.58. The lowest BCUT2D eigenvalue weighted by atomic mass is 9.94. The van der Waals surface area contributed by atoms with Crippen LogP contribution in [0.3, 0.4) is 0 Å². The quantitative estimate of drug-likeness (QED) is 0.0728. The van der Waals surface area contributed by atoms with Crippen molar-refractivity contribution in [1.29, 1.82) is 0 Å². The maximum Gasteiger partial charge on any atom is 0.337 e. The van der Waals surface area contributed by atoms with Crippen LogP contribution in [0.25, 0.3) is 5.76 Å². The molecule has 43 heavy (non-hydrogen) atoms. The number of hydrogen-bond acceptors (Lipinski definition) is 11. The first-order valence-corrected chi connectivity index (χ1v) is 15.1. The zero-order valence-electron chi connectivity index (χ0n) is 23.1. The Kier molecular flexibility index (Phi) is 7.87. The van der Waals surface area contributed by atoms with Crippen LogP contribution in [0.1, 0.15) is 38.7 Å². The molecule has 1 amide bonds. The topological polar surface area (TPSA) is 128 Å². The molecule has 0 saturated carbocycles. The van der Waals surface area contributed by atoms with E-state index in [4.69, 9.17) is 14.2 Å². The van der Waals surface area contributed by atoms with Gasteiger partial charge in [-0.05, 0) is 48.4 Å². The van der Waals surface area contributed by atoms with E-state index in [2.05, 4.69) is 10.2 Å². The summed E-state index contributed by atoms with van der Waals surface area (Å²) in [6, 6.07) is 18.2. The number of Topliss-reactive ketones (excluding diaryl/α,β-unsaturated/α-hetero) is 1. The molecule has 4 aromatic rings. The molecular formula is C31H25N3O7S2. The predicted molar refractivity (Wildman–Crippen MR) is 161 cm³/mol. The van der Waals surface area contributed by atoms with Crippen LogP contribution >= 0.6 is 23.1 Å². The predicted octanol–water partition coefficient (Wildman–Crippen LogP) is 5.32. The molecule has 218 valence electrons. The average molecular weight is 616 g/mol. The van der Waals surface area contributed by atoms with Crippen molar-refractivity contribution in [3.63, 3.8) is 0 Å². The van der Waals surface area contributed by atoms with Crippen molar-refractivity contribution in [3.8, 4) is 11.5 Å². The zero-order valence-corrected chi connectivity index (χ0v) is 24.7. The number of methoxy groups -OCH3 is 1. The molecule has 1 fully saturated rings. The second kappa shape index (κ2) is 11.9. The van der Waals surface area contributed by atoms with Gasteiger partial charge in [0.15, 0.2) is 15.8 Å². The average Bonchev–Trinajstić information content (AvgIpc) is 3.61. The highest BCUT2D eigenvalue weighted by Crippen LogP contribution is 2.45. The van der Waals surface area contributed by atoms with Gasteiger partial charge in [-0.1, -0.05) is 65.1 Å². The fraction of sp³-hybridized carbons (Fsp3) is 0.194. The minimum atomic E-state index is -1.04. The Morgan fingerprint density at radius 1 is 1.00 bits per heavy atom. The van der Waals surface area contributed by atoms with Gasteiger partial charge in [0.05, 0.1) is 24.3 Å². The summed E-state index contributed by atoms with van der Waals surface area (Å²) in [7, 11) is 1.28. The van der Waals surface area contributed by atoms with E-state index in [1.165, 1.54) is 47.2 Å². The molecule has 1 atom stereocenters. The summed E-state index contributed by atoms with van der Waals surface area (Å²) >= 11 is 2.64. The molecule has 12 heteroatoms. The minimum Gasteiger partial charge on any atom is -0.507 e. The van der Waals surface area contributed by atoms with Crippen LogP contribution < -0.4 is 14.4 Å². The molecule has 1 unspecified atom stereocenters. The number of ketones is 1. The number of esters is 1. The lowest BCUT2D eigenvalue weighted by molar-refractivity contribution is -0.132. The minimum absolute atomic E-state index is 0.128. The third-order valence-electron chi connectivity index (χ3n) is 6.99. The van der Waals surface area contributed by atoms with Crippen molar-refractivity contribution < 1.29 is 33.7 Å². The fourth-order valence-corrected chi connectivity index (χ4v) is 6.62. The number of aromatic nitrogens is 2. The van der Waals surface area contributed by atoms with Crippen molar-refractivity contribution in [2.24, 2.45) is 0 Å². The number of amides is 1. The lowest BCUT2D eigenvalue weighted by Gasteiger charge is -2.23. The van der Waals surface area contributed by atoms with Gasteiger partial charge in [-0.3, -0.25) is 14.5 Å². The summed E-state index contributed by atoms with van der Waals surface area (Å²) in [6.45, 7) is 2.77. The Labute approximate surface area is 254 Å². The second-order valence-electron chi connectivity index (χ2n) is 9.77. The maximum absolute atomic E-state index is 13.6. The Bertz CT molecular complexity index is 1750. The van der Waals surface area contributed by atoms with Crippen LogP contribution in [0, 0.1) is 6.92 Å². The van der Waals surface area contributed by atoms with Crippen molar-refractivity contribution in [3.05, 3.63) is 100 Å². The van der Waals surface area contributed by atoms with E-state index in [0.29, 0.717) is 45.9 Å². The van der Waals surface area contributed by atoms with E-state index >= 15 is 0 Å². The third-order valence-corrected chi connectivity index (χ3v) is 9.12. The Morgan fingerprint density at radius 3 is 2.42 bits per heavy atom. The van der Waals surface area contributed by atoms with Gasteiger partial charge in [0, 0.05) is 11.3 Å². The summed E-state index contributed by atoms with van der Waals surface area (Å²) in [5.41, 5.74) is 3.20. The number of aliphatic hydroxyl groups is 1. The highest BCUT2D eigenvalue weighted by atomic mass is 32.2. The zero-order chi connectivity index (χ0) is 30.1. The first-order valence-electron chi connectivity index (χ1n) is 13.2. The van der Waals surface area contributed by atoms with Crippen molar-refractivity contribution in [2.75, 3.05) is 25.2 Å². The molecule has 1 N–H and O–H groups in total. The largest absolute Gasteiger partial charge is 0.507 e. The van der Waals surface area contributed by atoms with Gasteiger partial charge in [0.25, 0.3) is 5.78 Å². The van der Waals surface area contributed by atoms with Crippen LogP contribution in [0.15, 0.2) is 76.6 Å². The number of carbonyl (C=O) groups excluding carboxylic acids is 3. The van der Waals surface area contributed by atoms with Gasteiger partial charge in [-0.25, -0.2) is 4.79 Å².